The maximum atomic E-state index is 10.5. The fourth-order valence-electron chi connectivity index (χ4n) is 2.66. The fourth-order valence-corrected chi connectivity index (χ4v) is 2.97. The molecule has 0 aliphatic carbocycles. The van der Waals surface area contributed by atoms with Crippen molar-refractivity contribution < 1.29 is 20.1 Å². The number of fused-ring (bicyclic) bond motifs is 1. The van der Waals surface area contributed by atoms with Gasteiger partial charge in [0.1, 0.15) is 17.9 Å². The molecular weight excluding hydrogens is 302 g/mol. The van der Waals surface area contributed by atoms with E-state index in [9.17, 15) is 10.2 Å². The van der Waals surface area contributed by atoms with Crippen LogP contribution in [0.15, 0.2) is 42.0 Å². The molecule has 22 heavy (non-hydrogen) atoms. The Hall–Kier alpha value is -1.89. The molecule has 0 spiro atoms. The van der Waals surface area contributed by atoms with Crippen molar-refractivity contribution in [2.45, 2.75) is 19.1 Å². The van der Waals surface area contributed by atoms with E-state index in [1.54, 1.807) is 10.8 Å². The average Bonchev–Trinajstić information content (AvgIpc) is 2.78. The zero-order chi connectivity index (χ0) is 15.9. The summed E-state index contributed by atoms with van der Waals surface area (Å²) in [4.78, 5) is 0. The van der Waals surface area contributed by atoms with Gasteiger partial charge in [-0.3, -0.25) is 0 Å². The highest BCUT2D eigenvalue weighted by molar-refractivity contribution is 7.71. The quantitative estimate of drug-likeness (QED) is 0.756. The summed E-state index contributed by atoms with van der Waals surface area (Å²) in [5.74, 6) is -0.327. The van der Waals surface area contributed by atoms with E-state index in [0.29, 0.717) is 4.64 Å². The Bertz CT molecular complexity index is 826. The van der Waals surface area contributed by atoms with Crippen LogP contribution in [0.4, 0.5) is 0 Å². The summed E-state index contributed by atoms with van der Waals surface area (Å²) in [5, 5.41) is 31.6. The number of hydrogen-bond acceptors (Lipinski definition) is 5. The minimum atomic E-state index is -1.57. The van der Waals surface area contributed by atoms with Gasteiger partial charge >= 0.3 is 0 Å². The predicted octanol–water partition coefficient (Wildman–Crippen LogP) is 2.20. The second kappa shape index (κ2) is 5.39. The molecule has 1 unspecified atom stereocenters. The zero-order valence-electron chi connectivity index (χ0n) is 12.1. The number of ether oxygens (including phenoxy) is 1. The molecule has 0 amide bonds. The third kappa shape index (κ3) is 2.39. The summed E-state index contributed by atoms with van der Waals surface area (Å²) in [7, 11) is 0. The van der Waals surface area contributed by atoms with Gasteiger partial charge in [0.25, 0.3) is 0 Å². The van der Waals surface area contributed by atoms with Gasteiger partial charge in [0.2, 0.25) is 0 Å². The molecule has 0 radical (unpaired) electrons. The molecule has 3 N–H and O–H groups in total. The van der Waals surface area contributed by atoms with Crippen LogP contribution in [-0.2, 0) is 11.3 Å². The van der Waals surface area contributed by atoms with Gasteiger partial charge in [0.15, 0.2) is 17.1 Å². The normalized spacial score (nSPS) is 21.4. The van der Waals surface area contributed by atoms with Crippen LogP contribution in [0, 0.1) is 11.6 Å². The zero-order valence-corrected chi connectivity index (χ0v) is 12.9. The topological polar surface area (TPSA) is 74.9 Å². The minimum absolute atomic E-state index is 0.00503. The SMILES string of the molecule is Cc1ccc2c(=S)n(CC3(O)COC(CO)=C3O)ccc2c1. The van der Waals surface area contributed by atoms with Gasteiger partial charge in [0, 0.05) is 11.6 Å². The lowest BCUT2D eigenvalue weighted by atomic mass is 10.0. The Labute approximate surface area is 132 Å². The van der Waals surface area contributed by atoms with Crippen molar-refractivity contribution in [3.8, 4) is 0 Å². The maximum absolute atomic E-state index is 10.5. The molecule has 0 saturated heterocycles. The first-order valence-corrected chi connectivity index (χ1v) is 7.34. The van der Waals surface area contributed by atoms with Gasteiger partial charge in [-0.05, 0) is 18.4 Å². The maximum Gasteiger partial charge on any atom is 0.176 e. The molecule has 116 valence electrons. The third-order valence-electron chi connectivity index (χ3n) is 3.90. The average molecular weight is 319 g/mol. The summed E-state index contributed by atoms with van der Waals surface area (Å²) in [5.41, 5.74) is -0.426. The molecule has 1 atom stereocenters. The number of pyridine rings is 1. The Balaban J connectivity index is 2.02. The van der Waals surface area contributed by atoms with Crippen molar-refractivity contribution in [2.75, 3.05) is 13.2 Å². The molecule has 2 aromatic rings. The Morgan fingerprint density at radius 1 is 1.36 bits per heavy atom. The van der Waals surface area contributed by atoms with Gasteiger partial charge in [-0.2, -0.15) is 0 Å². The number of aliphatic hydroxyl groups excluding tert-OH is 2. The van der Waals surface area contributed by atoms with Crippen molar-refractivity contribution in [2.24, 2.45) is 0 Å². The minimum Gasteiger partial charge on any atom is -0.506 e. The fraction of sp³-hybridized carbons (Fsp3) is 0.312. The highest BCUT2D eigenvalue weighted by atomic mass is 32.1. The molecule has 1 aromatic carbocycles. The molecule has 0 fully saturated rings. The Kier molecular flexibility index (Phi) is 3.68. The lowest BCUT2D eigenvalue weighted by Crippen LogP contribution is -2.37. The van der Waals surface area contributed by atoms with E-state index in [-0.39, 0.29) is 24.7 Å². The van der Waals surface area contributed by atoms with E-state index in [2.05, 4.69) is 0 Å². The van der Waals surface area contributed by atoms with Crippen molar-refractivity contribution >= 4 is 23.0 Å². The van der Waals surface area contributed by atoms with Crippen LogP contribution in [0.3, 0.4) is 0 Å². The lowest BCUT2D eigenvalue weighted by molar-refractivity contribution is -0.00267. The standard InChI is InChI=1S/C16H17NO4S/c1-10-2-3-12-11(6-10)4-5-17(15(12)22)8-16(20)9-21-13(7-18)14(16)19/h2-6,18-20H,7-9H2,1H3. The van der Waals surface area contributed by atoms with Gasteiger partial charge in [-0.1, -0.05) is 36.0 Å². The lowest BCUT2D eigenvalue weighted by Gasteiger charge is -2.22. The first-order chi connectivity index (χ1) is 10.4. The van der Waals surface area contributed by atoms with Gasteiger partial charge in [-0.25, -0.2) is 0 Å². The molecule has 3 rings (SSSR count). The third-order valence-corrected chi connectivity index (χ3v) is 4.35. The number of aromatic nitrogens is 1. The molecule has 0 saturated carbocycles. The first-order valence-electron chi connectivity index (χ1n) is 6.93. The highest BCUT2D eigenvalue weighted by Gasteiger charge is 2.41. The van der Waals surface area contributed by atoms with Gasteiger partial charge in [-0.15, -0.1) is 0 Å². The Morgan fingerprint density at radius 2 is 2.14 bits per heavy atom. The summed E-state index contributed by atoms with van der Waals surface area (Å²) >= 11 is 5.48. The molecular formula is C16H17NO4S. The van der Waals surface area contributed by atoms with Crippen LogP contribution in [-0.4, -0.2) is 38.7 Å². The highest BCUT2D eigenvalue weighted by Crippen LogP contribution is 2.29. The van der Waals surface area contributed by atoms with Crippen LogP contribution in [0.5, 0.6) is 0 Å². The van der Waals surface area contributed by atoms with Crippen molar-refractivity contribution in [3.05, 3.63) is 52.2 Å². The van der Waals surface area contributed by atoms with E-state index < -0.39 is 12.2 Å². The molecule has 1 aliphatic heterocycles. The van der Waals surface area contributed by atoms with E-state index in [1.807, 2.05) is 31.2 Å². The molecule has 1 aromatic heterocycles. The van der Waals surface area contributed by atoms with E-state index in [4.69, 9.17) is 22.1 Å². The van der Waals surface area contributed by atoms with E-state index >= 15 is 0 Å². The van der Waals surface area contributed by atoms with Crippen molar-refractivity contribution in [1.29, 1.82) is 0 Å². The molecule has 6 heteroatoms. The molecule has 5 nitrogen and oxygen atoms in total. The number of benzene rings is 1. The van der Waals surface area contributed by atoms with Crippen LogP contribution in [0.1, 0.15) is 5.56 Å². The monoisotopic (exact) mass is 319 g/mol. The van der Waals surface area contributed by atoms with Crippen molar-refractivity contribution in [1.82, 2.24) is 4.57 Å². The summed E-state index contributed by atoms with van der Waals surface area (Å²) < 4.78 is 7.41. The van der Waals surface area contributed by atoms with E-state index in [0.717, 1.165) is 16.3 Å². The first kappa shape index (κ1) is 15.0. The number of rotatable bonds is 3. The van der Waals surface area contributed by atoms with Crippen LogP contribution in [0.25, 0.3) is 10.8 Å². The molecule has 0 bridgehead atoms. The summed E-state index contributed by atoms with van der Waals surface area (Å²) in [6.45, 7) is 1.52. The predicted molar refractivity (Wildman–Crippen MR) is 85.2 cm³/mol. The van der Waals surface area contributed by atoms with E-state index in [1.165, 1.54) is 0 Å². The van der Waals surface area contributed by atoms with Crippen molar-refractivity contribution in [3.63, 3.8) is 0 Å². The van der Waals surface area contributed by atoms with Crippen LogP contribution in [0.2, 0.25) is 0 Å². The number of hydrogen-bond donors (Lipinski definition) is 3. The second-order valence-corrected chi connectivity index (χ2v) is 5.98. The molecule has 2 heterocycles. The van der Waals surface area contributed by atoms with Crippen LogP contribution >= 0.6 is 12.2 Å². The van der Waals surface area contributed by atoms with Gasteiger partial charge < -0.3 is 24.6 Å². The summed E-state index contributed by atoms with van der Waals surface area (Å²) in [6, 6.07) is 7.90. The second-order valence-electron chi connectivity index (χ2n) is 5.59. The van der Waals surface area contributed by atoms with Crippen LogP contribution < -0.4 is 0 Å². The number of aryl methyl sites for hydroxylation is 1. The number of aliphatic hydroxyl groups is 3. The summed E-state index contributed by atoms with van der Waals surface area (Å²) in [6.07, 6.45) is 1.78. The number of nitrogens with zero attached hydrogens (tertiary/aromatic N) is 1. The largest absolute Gasteiger partial charge is 0.506 e. The smallest absolute Gasteiger partial charge is 0.176 e. The molecule has 1 aliphatic rings. The van der Waals surface area contributed by atoms with Gasteiger partial charge in [0.05, 0.1) is 6.54 Å². The Morgan fingerprint density at radius 3 is 2.82 bits per heavy atom.